The van der Waals surface area contributed by atoms with Crippen LogP contribution in [-0.2, 0) is 0 Å². The number of ether oxygens (including phenoxy) is 1. The van der Waals surface area contributed by atoms with E-state index in [-0.39, 0.29) is 12.4 Å². The second kappa shape index (κ2) is 6.30. The van der Waals surface area contributed by atoms with Crippen LogP contribution in [0.4, 0.5) is 4.39 Å². The van der Waals surface area contributed by atoms with Crippen LogP contribution < -0.4 is 4.74 Å². The molecule has 2 nitrogen and oxygen atoms in total. The van der Waals surface area contributed by atoms with Gasteiger partial charge >= 0.3 is 0 Å². The van der Waals surface area contributed by atoms with Gasteiger partial charge in [-0.15, -0.1) is 0 Å². The first-order valence-corrected chi connectivity index (χ1v) is 7.01. The molecule has 5 heteroatoms. The number of halogens is 3. The summed E-state index contributed by atoms with van der Waals surface area (Å²) in [6, 6.07) is 11.2. The lowest BCUT2D eigenvalue weighted by molar-refractivity contribution is 0.0921. The van der Waals surface area contributed by atoms with Gasteiger partial charge in [0, 0.05) is 20.6 Å². The maximum absolute atomic E-state index is 13.1. The number of hydrogen-bond acceptors (Lipinski definition) is 2. The Morgan fingerprint density at radius 3 is 2.58 bits per heavy atom. The normalized spacial score (nSPS) is 10.3. The lowest BCUT2D eigenvalue weighted by atomic mass is 10.1. The highest BCUT2D eigenvalue weighted by Crippen LogP contribution is 2.21. The van der Waals surface area contributed by atoms with E-state index in [0.717, 1.165) is 4.47 Å². The second-order valence-electron chi connectivity index (χ2n) is 3.83. The number of carbonyl (C=O) groups is 1. The second-order valence-corrected chi connectivity index (χ2v) is 5.66. The molecule has 0 atom stereocenters. The average Bonchev–Trinajstić information content (AvgIpc) is 2.35. The Balaban J connectivity index is 2.04. The predicted molar refractivity (Wildman–Crippen MR) is 78.1 cm³/mol. The van der Waals surface area contributed by atoms with E-state index in [4.69, 9.17) is 4.74 Å². The first-order chi connectivity index (χ1) is 9.04. The predicted octanol–water partition coefficient (Wildman–Crippen LogP) is 4.61. The summed E-state index contributed by atoms with van der Waals surface area (Å²) in [5, 5.41) is 0. The number of Topliss-reactive ketones (excluding diaryl/α,β-unsaturated/α-hetero) is 1. The van der Waals surface area contributed by atoms with Crippen molar-refractivity contribution in [2.45, 2.75) is 0 Å². The van der Waals surface area contributed by atoms with Crippen LogP contribution in [0.1, 0.15) is 10.4 Å². The molecule has 19 heavy (non-hydrogen) atoms. The summed E-state index contributed by atoms with van der Waals surface area (Å²) < 4.78 is 19.8. The number of hydrogen-bond donors (Lipinski definition) is 0. The molecule has 0 saturated carbocycles. The van der Waals surface area contributed by atoms with E-state index in [9.17, 15) is 9.18 Å². The van der Waals surface area contributed by atoms with Gasteiger partial charge in [-0.3, -0.25) is 4.79 Å². The first kappa shape index (κ1) is 14.2. The largest absolute Gasteiger partial charge is 0.485 e. The van der Waals surface area contributed by atoms with Crippen molar-refractivity contribution >= 4 is 37.6 Å². The van der Waals surface area contributed by atoms with E-state index >= 15 is 0 Å². The van der Waals surface area contributed by atoms with Crippen LogP contribution in [0.3, 0.4) is 0 Å². The smallest absolute Gasteiger partial charge is 0.200 e. The molecule has 2 rings (SSSR count). The molecule has 0 heterocycles. The van der Waals surface area contributed by atoms with E-state index in [1.165, 1.54) is 12.1 Å². The zero-order chi connectivity index (χ0) is 13.8. The highest BCUT2D eigenvalue weighted by molar-refractivity contribution is 9.10. The van der Waals surface area contributed by atoms with Gasteiger partial charge in [-0.2, -0.15) is 0 Å². The van der Waals surface area contributed by atoms with Gasteiger partial charge in [0.05, 0.1) is 0 Å². The van der Waals surface area contributed by atoms with E-state index in [1.54, 1.807) is 24.3 Å². The summed E-state index contributed by atoms with van der Waals surface area (Å²) in [5.41, 5.74) is 0.546. The van der Waals surface area contributed by atoms with Gasteiger partial charge in [0.25, 0.3) is 0 Å². The summed E-state index contributed by atoms with van der Waals surface area (Å²) in [6.07, 6.45) is 0. The fraction of sp³-hybridized carbons (Fsp3) is 0.0714. The Morgan fingerprint density at radius 1 is 1.11 bits per heavy atom. The molecule has 0 N–H and O–H groups in total. The van der Waals surface area contributed by atoms with Gasteiger partial charge in [-0.25, -0.2) is 4.39 Å². The Bertz CT molecular complexity index is 594. The van der Waals surface area contributed by atoms with Crippen molar-refractivity contribution < 1.29 is 13.9 Å². The molecular weight excluding hydrogens is 379 g/mol. The molecule has 2 aromatic rings. The van der Waals surface area contributed by atoms with E-state index in [1.807, 2.05) is 6.07 Å². The van der Waals surface area contributed by atoms with Crippen molar-refractivity contribution in [1.82, 2.24) is 0 Å². The fourth-order valence-corrected chi connectivity index (χ4v) is 2.35. The lowest BCUT2D eigenvalue weighted by Gasteiger charge is -2.06. The number of benzene rings is 2. The first-order valence-electron chi connectivity index (χ1n) is 5.42. The van der Waals surface area contributed by atoms with Crippen molar-refractivity contribution in [3.63, 3.8) is 0 Å². The van der Waals surface area contributed by atoms with Crippen LogP contribution in [0.5, 0.6) is 5.75 Å². The molecule has 0 spiro atoms. The number of ketones is 1. The zero-order valence-electron chi connectivity index (χ0n) is 9.70. The summed E-state index contributed by atoms with van der Waals surface area (Å²) in [5.74, 6) is -0.267. The zero-order valence-corrected chi connectivity index (χ0v) is 12.9. The Kier molecular flexibility index (Phi) is 4.71. The third-order valence-corrected chi connectivity index (χ3v) is 3.30. The highest BCUT2D eigenvalue weighted by Gasteiger charge is 2.08. The van der Waals surface area contributed by atoms with Gasteiger partial charge in [0.15, 0.2) is 12.4 Å². The van der Waals surface area contributed by atoms with Crippen molar-refractivity contribution in [3.05, 3.63) is 62.8 Å². The maximum atomic E-state index is 13.1. The molecule has 0 fully saturated rings. The summed E-state index contributed by atoms with van der Waals surface area (Å²) in [6.45, 7) is -0.133. The summed E-state index contributed by atoms with van der Waals surface area (Å²) >= 11 is 6.46. The quantitative estimate of drug-likeness (QED) is 0.716. The van der Waals surface area contributed by atoms with Crippen LogP contribution in [-0.4, -0.2) is 12.4 Å². The van der Waals surface area contributed by atoms with Crippen LogP contribution >= 0.6 is 31.9 Å². The number of rotatable bonds is 4. The van der Waals surface area contributed by atoms with Crippen LogP contribution in [0.2, 0.25) is 0 Å². The molecule has 0 saturated heterocycles. The maximum Gasteiger partial charge on any atom is 0.200 e. The Hall–Kier alpha value is -1.20. The monoisotopic (exact) mass is 386 g/mol. The minimum atomic E-state index is -0.417. The fourth-order valence-electron chi connectivity index (χ4n) is 1.51. The molecule has 0 unspecified atom stereocenters. The van der Waals surface area contributed by atoms with E-state index < -0.39 is 5.82 Å². The molecule has 0 radical (unpaired) electrons. The van der Waals surface area contributed by atoms with E-state index in [0.29, 0.717) is 15.8 Å². The van der Waals surface area contributed by atoms with Crippen molar-refractivity contribution in [2.75, 3.05) is 6.61 Å². The summed E-state index contributed by atoms with van der Waals surface area (Å²) in [4.78, 5) is 11.9. The Morgan fingerprint density at radius 2 is 1.89 bits per heavy atom. The highest BCUT2D eigenvalue weighted by atomic mass is 79.9. The third kappa shape index (κ3) is 4.14. The number of carbonyl (C=O) groups excluding carboxylic acids is 1. The van der Waals surface area contributed by atoms with Crippen molar-refractivity contribution in [2.24, 2.45) is 0 Å². The molecular formula is C14H9Br2FO2. The lowest BCUT2D eigenvalue weighted by Crippen LogP contribution is -2.11. The topological polar surface area (TPSA) is 26.3 Å². The van der Waals surface area contributed by atoms with Gasteiger partial charge in [-0.1, -0.05) is 44.0 Å². The standard InChI is InChI=1S/C14H9Br2FO2/c15-10-3-1-2-9(4-10)14(18)8-19-13-6-11(16)5-12(17)7-13/h1-7H,8H2. The van der Waals surface area contributed by atoms with Gasteiger partial charge in [-0.05, 0) is 24.3 Å². The molecule has 0 aliphatic carbocycles. The van der Waals surface area contributed by atoms with Gasteiger partial charge < -0.3 is 4.74 Å². The van der Waals surface area contributed by atoms with Crippen molar-refractivity contribution in [3.8, 4) is 5.75 Å². The van der Waals surface area contributed by atoms with Crippen molar-refractivity contribution in [1.29, 1.82) is 0 Å². The molecule has 0 bridgehead atoms. The molecule has 0 aliphatic heterocycles. The molecule has 0 aliphatic rings. The molecule has 0 aromatic heterocycles. The third-order valence-electron chi connectivity index (χ3n) is 2.35. The average molecular weight is 388 g/mol. The van der Waals surface area contributed by atoms with Gasteiger partial charge in [0.2, 0.25) is 0 Å². The SMILES string of the molecule is O=C(COc1cc(F)cc(Br)c1)c1cccc(Br)c1. The van der Waals surface area contributed by atoms with Crippen LogP contribution in [0.25, 0.3) is 0 Å². The van der Waals surface area contributed by atoms with Crippen LogP contribution in [0.15, 0.2) is 51.4 Å². The van der Waals surface area contributed by atoms with Gasteiger partial charge in [0.1, 0.15) is 11.6 Å². The minimum Gasteiger partial charge on any atom is -0.485 e. The molecule has 2 aromatic carbocycles. The van der Waals surface area contributed by atoms with E-state index in [2.05, 4.69) is 31.9 Å². The minimum absolute atomic E-state index is 0.133. The molecule has 98 valence electrons. The Labute approximate surface area is 126 Å². The van der Waals surface area contributed by atoms with Crippen LogP contribution in [0, 0.1) is 5.82 Å². The molecule has 0 amide bonds. The summed E-state index contributed by atoms with van der Waals surface area (Å²) in [7, 11) is 0.